The third kappa shape index (κ3) is 2.56. The van der Waals surface area contributed by atoms with Crippen LogP contribution >= 0.6 is 0 Å². The highest BCUT2D eigenvalue weighted by atomic mass is 16.5. The van der Waals surface area contributed by atoms with Crippen LogP contribution in [-0.4, -0.2) is 22.3 Å². The van der Waals surface area contributed by atoms with Crippen molar-refractivity contribution in [2.45, 2.75) is 37.8 Å². The summed E-state index contributed by atoms with van der Waals surface area (Å²) in [6.45, 7) is 1.98. The van der Waals surface area contributed by atoms with Crippen molar-refractivity contribution in [3.8, 4) is 5.75 Å². The first-order chi connectivity index (χ1) is 13.1. The van der Waals surface area contributed by atoms with Gasteiger partial charge < -0.3 is 10.1 Å². The van der Waals surface area contributed by atoms with Gasteiger partial charge in [-0.3, -0.25) is 14.6 Å². The minimum atomic E-state index is -0.502. The molecule has 27 heavy (non-hydrogen) atoms. The van der Waals surface area contributed by atoms with Crippen molar-refractivity contribution < 1.29 is 14.3 Å². The fourth-order valence-corrected chi connectivity index (χ4v) is 5.16. The molecule has 1 aromatic carbocycles. The van der Waals surface area contributed by atoms with Crippen LogP contribution in [0.2, 0.25) is 0 Å². The number of benzene rings is 1. The molecule has 2 saturated carbocycles. The summed E-state index contributed by atoms with van der Waals surface area (Å²) >= 11 is 0. The van der Waals surface area contributed by atoms with Crippen LogP contribution in [-0.2, 0) is 4.79 Å². The fraction of sp³-hybridized carbons (Fsp3) is 0.409. The summed E-state index contributed by atoms with van der Waals surface area (Å²) in [5, 5.41) is 3.13. The van der Waals surface area contributed by atoms with Crippen LogP contribution in [0.5, 0.6) is 5.75 Å². The predicted octanol–water partition coefficient (Wildman–Crippen LogP) is 3.32. The molecule has 0 saturated heterocycles. The summed E-state index contributed by atoms with van der Waals surface area (Å²) < 4.78 is 6.37. The van der Waals surface area contributed by atoms with Gasteiger partial charge in [-0.15, -0.1) is 0 Å². The Labute approximate surface area is 158 Å². The van der Waals surface area contributed by atoms with Crippen LogP contribution in [0, 0.1) is 17.8 Å². The molecule has 1 amide bonds. The van der Waals surface area contributed by atoms with E-state index >= 15 is 0 Å². The summed E-state index contributed by atoms with van der Waals surface area (Å²) in [6.07, 6.45) is 5.65. The van der Waals surface area contributed by atoms with E-state index in [1.807, 2.05) is 43.3 Å². The Balaban J connectivity index is 1.33. The average molecular weight is 362 g/mol. The van der Waals surface area contributed by atoms with Crippen molar-refractivity contribution >= 4 is 11.7 Å². The van der Waals surface area contributed by atoms with Crippen molar-refractivity contribution in [3.63, 3.8) is 0 Å². The molecule has 1 aliphatic heterocycles. The molecule has 5 heteroatoms. The van der Waals surface area contributed by atoms with Gasteiger partial charge in [-0.1, -0.05) is 12.1 Å². The number of para-hydroxylation sites is 1. The first-order valence-electron chi connectivity index (χ1n) is 9.61. The van der Waals surface area contributed by atoms with E-state index in [-0.39, 0.29) is 29.6 Å². The number of Topliss-reactive ketones (excluding diaryl/α,β-unsaturated/α-hetero) is 1. The molecular weight excluding hydrogens is 340 g/mol. The monoisotopic (exact) mass is 362 g/mol. The van der Waals surface area contributed by atoms with E-state index in [0.717, 1.165) is 18.4 Å². The first kappa shape index (κ1) is 16.5. The van der Waals surface area contributed by atoms with Gasteiger partial charge in [-0.05, 0) is 55.5 Å². The fourth-order valence-electron chi connectivity index (χ4n) is 5.16. The summed E-state index contributed by atoms with van der Waals surface area (Å²) in [6, 6.07) is 11.2. The Morgan fingerprint density at radius 3 is 2.85 bits per heavy atom. The zero-order chi connectivity index (χ0) is 18.6. The largest absolute Gasteiger partial charge is 0.486 e. The molecule has 5 atom stereocenters. The molecule has 2 aromatic rings. The van der Waals surface area contributed by atoms with E-state index < -0.39 is 5.60 Å². The summed E-state index contributed by atoms with van der Waals surface area (Å²) in [7, 11) is 0. The van der Waals surface area contributed by atoms with Gasteiger partial charge in [0, 0.05) is 24.2 Å². The maximum absolute atomic E-state index is 12.9. The molecule has 3 aliphatic rings. The standard InChI is InChI=1S/C22H22N2O3/c1-13(14-7-10-23-11-8-14)24-21(26)19-16-6-9-22(20(16)19)12-17(25)15-4-2-3-5-18(15)27-22/h2-5,7-8,10-11,13,16,19-20H,6,9,12H2,1H3,(H,24,26)/t13-,16-,19+,20-,22-/m0/s1. The molecule has 5 rings (SSSR count). The van der Waals surface area contributed by atoms with Crippen molar-refractivity contribution in [2.24, 2.45) is 17.8 Å². The third-order valence-corrected chi connectivity index (χ3v) is 6.50. The number of hydrogen-bond donors (Lipinski definition) is 1. The number of rotatable bonds is 3. The van der Waals surface area contributed by atoms with E-state index in [0.29, 0.717) is 23.7 Å². The van der Waals surface area contributed by atoms with Crippen molar-refractivity contribution in [1.29, 1.82) is 0 Å². The second kappa shape index (κ2) is 5.91. The number of aromatic nitrogens is 1. The minimum Gasteiger partial charge on any atom is -0.486 e. The average Bonchev–Trinajstić information content (AvgIpc) is 3.34. The van der Waals surface area contributed by atoms with E-state index in [1.165, 1.54) is 0 Å². The Hall–Kier alpha value is -2.69. The molecule has 1 aromatic heterocycles. The van der Waals surface area contributed by atoms with Gasteiger partial charge in [0.25, 0.3) is 0 Å². The van der Waals surface area contributed by atoms with E-state index in [9.17, 15) is 9.59 Å². The Morgan fingerprint density at radius 1 is 1.26 bits per heavy atom. The van der Waals surface area contributed by atoms with Crippen LogP contribution in [0.25, 0.3) is 0 Å². The van der Waals surface area contributed by atoms with Gasteiger partial charge in [0.2, 0.25) is 5.91 Å². The Morgan fingerprint density at radius 2 is 2.04 bits per heavy atom. The summed E-state index contributed by atoms with van der Waals surface area (Å²) in [5.74, 6) is 1.29. The second-order valence-corrected chi connectivity index (χ2v) is 8.03. The molecule has 2 aliphatic carbocycles. The molecule has 138 valence electrons. The highest BCUT2D eigenvalue weighted by Crippen LogP contribution is 2.65. The molecule has 1 N–H and O–H groups in total. The highest BCUT2D eigenvalue weighted by molar-refractivity contribution is 6.00. The van der Waals surface area contributed by atoms with Crippen LogP contribution in [0.15, 0.2) is 48.8 Å². The molecular formula is C22H22N2O3. The maximum atomic E-state index is 12.9. The smallest absolute Gasteiger partial charge is 0.224 e. The number of amides is 1. The number of carbonyl (C=O) groups excluding carboxylic acids is 2. The molecule has 0 radical (unpaired) electrons. The van der Waals surface area contributed by atoms with Crippen LogP contribution < -0.4 is 10.1 Å². The van der Waals surface area contributed by atoms with Crippen LogP contribution in [0.3, 0.4) is 0 Å². The van der Waals surface area contributed by atoms with Gasteiger partial charge >= 0.3 is 0 Å². The minimum absolute atomic E-state index is 0.0545. The third-order valence-electron chi connectivity index (χ3n) is 6.50. The number of nitrogens with zero attached hydrogens (tertiary/aromatic N) is 1. The lowest BCUT2D eigenvalue weighted by Crippen LogP contribution is -2.44. The second-order valence-electron chi connectivity index (χ2n) is 8.03. The Kier molecular flexibility index (Phi) is 3.61. The number of fused-ring (bicyclic) bond motifs is 3. The van der Waals surface area contributed by atoms with Crippen molar-refractivity contribution in [1.82, 2.24) is 10.3 Å². The molecule has 1 spiro atoms. The van der Waals surface area contributed by atoms with E-state index in [1.54, 1.807) is 12.4 Å². The topological polar surface area (TPSA) is 68.3 Å². The number of ether oxygens (including phenoxy) is 1. The van der Waals surface area contributed by atoms with Crippen molar-refractivity contribution in [3.05, 3.63) is 59.9 Å². The maximum Gasteiger partial charge on any atom is 0.224 e. The number of hydrogen-bond acceptors (Lipinski definition) is 4. The van der Waals surface area contributed by atoms with E-state index in [2.05, 4.69) is 10.3 Å². The summed E-state index contributed by atoms with van der Waals surface area (Å²) in [5.41, 5.74) is 1.20. The zero-order valence-corrected chi connectivity index (χ0v) is 15.2. The lowest BCUT2D eigenvalue weighted by atomic mass is 9.84. The zero-order valence-electron chi connectivity index (χ0n) is 15.2. The number of pyridine rings is 1. The molecule has 5 nitrogen and oxygen atoms in total. The molecule has 0 bridgehead atoms. The van der Waals surface area contributed by atoms with Gasteiger partial charge in [0.1, 0.15) is 11.4 Å². The number of ketones is 1. The van der Waals surface area contributed by atoms with Gasteiger partial charge in [-0.2, -0.15) is 0 Å². The Bertz CT molecular complexity index is 913. The lowest BCUT2D eigenvalue weighted by molar-refractivity contribution is -0.124. The van der Waals surface area contributed by atoms with Crippen LogP contribution in [0.1, 0.15) is 48.1 Å². The highest BCUT2D eigenvalue weighted by Gasteiger charge is 2.70. The van der Waals surface area contributed by atoms with Gasteiger partial charge in [0.05, 0.1) is 18.0 Å². The van der Waals surface area contributed by atoms with E-state index in [4.69, 9.17) is 4.74 Å². The summed E-state index contributed by atoms with van der Waals surface area (Å²) in [4.78, 5) is 29.6. The van der Waals surface area contributed by atoms with Gasteiger partial charge in [-0.25, -0.2) is 0 Å². The first-order valence-corrected chi connectivity index (χ1v) is 9.61. The number of nitrogens with one attached hydrogen (secondary N) is 1. The number of carbonyl (C=O) groups is 2. The van der Waals surface area contributed by atoms with Gasteiger partial charge in [0.15, 0.2) is 5.78 Å². The SMILES string of the molecule is C[C@H](NC(=O)[C@@H]1[C@@H]2CC[C@]3(CC(=O)c4ccccc4O3)[C@@H]21)c1ccncc1. The normalized spacial score (nSPS) is 31.6. The molecule has 2 fully saturated rings. The quantitative estimate of drug-likeness (QED) is 0.909. The lowest BCUT2D eigenvalue weighted by Gasteiger charge is -2.37. The van der Waals surface area contributed by atoms with Crippen LogP contribution in [0.4, 0.5) is 0 Å². The predicted molar refractivity (Wildman–Crippen MR) is 99.2 cm³/mol. The van der Waals surface area contributed by atoms with Crippen molar-refractivity contribution in [2.75, 3.05) is 0 Å². The molecule has 0 unspecified atom stereocenters. The molecule has 2 heterocycles.